The lowest BCUT2D eigenvalue weighted by Gasteiger charge is -2.08. The van der Waals surface area contributed by atoms with E-state index in [0.717, 1.165) is 9.99 Å². The van der Waals surface area contributed by atoms with Crippen molar-refractivity contribution in [2.75, 3.05) is 0 Å². The van der Waals surface area contributed by atoms with Crippen molar-refractivity contribution < 1.29 is 0 Å². The molecule has 2 aromatic rings. The zero-order valence-electron chi connectivity index (χ0n) is 7.94. The van der Waals surface area contributed by atoms with Crippen molar-refractivity contribution in [1.29, 1.82) is 0 Å². The van der Waals surface area contributed by atoms with Crippen LogP contribution in [0.5, 0.6) is 0 Å². The molecule has 1 aromatic carbocycles. The summed E-state index contributed by atoms with van der Waals surface area (Å²) in [5, 5.41) is 1.19. The Morgan fingerprint density at radius 3 is 2.64 bits per heavy atom. The summed E-state index contributed by atoms with van der Waals surface area (Å²) >= 11 is 7.13. The Labute approximate surface area is 99.8 Å². The minimum absolute atomic E-state index is 1.04. The molecule has 1 nitrogen and oxygen atoms in total. The van der Waals surface area contributed by atoms with Gasteiger partial charge >= 0.3 is 0 Å². The maximum absolute atomic E-state index is 4.35. The molecule has 14 heavy (non-hydrogen) atoms. The molecule has 0 atom stereocenters. The van der Waals surface area contributed by atoms with Crippen LogP contribution in [0.15, 0.2) is 27.3 Å². The van der Waals surface area contributed by atoms with Crippen molar-refractivity contribution >= 4 is 42.8 Å². The molecule has 0 aliphatic carbocycles. The van der Waals surface area contributed by atoms with E-state index < -0.39 is 0 Å². The lowest BCUT2D eigenvalue weighted by molar-refractivity contribution is 1.32. The number of rotatable bonds is 0. The van der Waals surface area contributed by atoms with Gasteiger partial charge in [-0.3, -0.25) is 4.98 Å². The summed E-state index contributed by atoms with van der Waals surface area (Å²) in [6, 6.07) is 4.06. The second-order valence-corrected chi connectivity index (χ2v) is 4.97. The fraction of sp³-hybridized carbons (Fsp3) is 0.182. The van der Waals surface area contributed by atoms with Crippen LogP contribution in [-0.4, -0.2) is 4.98 Å². The van der Waals surface area contributed by atoms with Gasteiger partial charge in [-0.05, 0) is 37.1 Å². The average Bonchev–Trinajstić information content (AvgIpc) is 2.14. The summed E-state index contributed by atoms with van der Waals surface area (Å²) in [5.74, 6) is 0. The molecule has 1 aromatic heterocycles. The zero-order chi connectivity index (χ0) is 10.3. The van der Waals surface area contributed by atoms with Gasteiger partial charge in [-0.25, -0.2) is 0 Å². The van der Waals surface area contributed by atoms with E-state index in [1.54, 1.807) is 0 Å². The Morgan fingerprint density at radius 2 is 1.93 bits per heavy atom. The molecule has 0 aliphatic heterocycles. The Balaban J connectivity index is 2.99. The fourth-order valence-corrected chi connectivity index (χ4v) is 2.54. The van der Waals surface area contributed by atoms with E-state index in [9.17, 15) is 0 Å². The largest absolute Gasteiger partial charge is 0.256 e. The number of aryl methyl sites for hydroxylation is 2. The van der Waals surface area contributed by atoms with E-state index in [4.69, 9.17) is 0 Å². The molecule has 0 amide bonds. The van der Waals surface area contributed by atoms with Crippen molar-refractivity contribution in [3.8, 4) is 0 Å². The van der Waals surface area contributed by atoms with Gasteiger partial charge in [0, 0.05) is 20.5 Å². The van der Waals surface area contributed by atoms with E-state index in [1.165, 1.54) is 21.0 Å². The molecule has 0 bridgehead atoms. The summed E-state index contributed by atoms with van der Waals surface area (Å²) in [6.45, 7) is 4.19. The molecule has 3 heteroatoms. The zero-order valence-corrected chi connectivity index (χ0v) is 11.1. The quantitative estimate of drug-likeness (QED) is 0.703. The molecular weight excluding hydrogens is 306 g/mol. The van der Waals surface area contributed by atoms with E-state index in [1.807, 2.05) is 12.3 Å². The Hall–Kier alpha value is -0.410. The van der Waals surface area contributed by atoms with E-state index >= 15 is 0 Å². The smallest absolute Gasteiger partial charge is 0.0719 e. The molecule has 0 aliphatic rings. The van der Waals surface area contributed by atoms with Crippen LogP contribution in [0.1, 0.15) is 11.1 Å². The summed E-state index contributed by atoms with van der Waals surface area (Å²) in [5.41, 5.74) is 3.50. The van der Waals surface area contributed by atoms with Crippen LogP contribution >= 0.6 is 31.9 Å². The monoisotopic (exact) mass is 313 g/mol. The molecule has 0 saturated carbocycles. The molecule has 2 rings (SSSR count). The standard InChI is InChI=1S/C11H9Br2N/c1-6-5-9-10(7(2)11(6)13)8(12)3-4-14-9/h3-5H,1-2H3. The number of halogens is 2. The van der Waals surface area contributed by atoms with Crippen LogP contribution in [-0.2, 0) is 0 Å². The highest BCUT2D eigenvalue weighted by Gasteiger charge is 2.08. The third-order valence-electron chi connectivity index (χ3n) is 2.33. The number of hydrogen-bond donors (Lipinski definition) is 0. The first-order valence-electron chi connectivity index (χ1n) is 4.31. The van der Waals surface area contributed by atoms with Crippen LogP contribution in [0.3, 0.4) is 0 Å². The maximum Gasteiger partial charge on any atom is 0.0719 e. The van der Waals surface area contributed by atoms with Crippen LogP contribution in [0.25, 0.3) is 10.9 Å². The topological polar surface area (TPSA) is 12.9 Å². The normalized spacial score (nSPS) is 10.9. The van der Waals surface area contributed by atoms with Gasteiger partial charge in [0.1, 0.15) is 0 Å². The lowest BCUT2D eigenvalue weighted by Crippen LogP contribution is -1.88. The first kappa shape index (κ1) is 10.1. The first-order chi connectivity index (χ1) is 6.61. The highest BCUT2D eigenvalue weighted by molar-refractivity contribution is 9.11. The van der Waals surface area contributed by atoms with E-state index in [-0.39, 0.29) is 0 Å². The van der Waals surface area contributed by atoms with E-state index in [0.29, 0.717) is 0 Å². The van der Waals surface area contributed by atoms with Crippen molar-refractivity contribution in [2.45, 2.75) is 13.8 Å². The number of nitrogens with zero attached hydrogens (tertiary/aromatic N) is 1. The van der Waals surface area contributed by atoms with Crippen LogP contribution in [0.2, 0.25) is 0 Å². The van der Waals surface area contributed by atoms with Gasteiger partial charge < -0.3 is 0 Å². The van der Waals surface area contributed by atoms with Gasteiger partial charge in [-0.1, -0.05) is 31.9 Å². The molecular formula is C11H9Br2N. The van der Waals surface area contributed by atoms with Crippen molar-refractivity contribution in [1.82, 2.24) is 4.98 Å². The maximum atomic E-state index is 4.35. The number of benzene rings is 1. The van der Waals surface area contributed by atoms with Gasteiger partial charge in [0.15, 0.2) is 0 Å². The molecule has 1 heterocycles. The van der Waals surface area contributed by atoms with Crippen molar-refractivity contribution in [3.63, 3.8) is 0 Å². The predicted octanol–water partition coefficient (Wildman–Crippen LogP) is 4.38. The molecule has 0 saturated heterocycles. The lowest BCUT2D eigenvalue weighted by atomic mass is 10.1. The van der Waals surface area contributed by atoms with Gasteiger partial charge in [0.25, 0.3) is 0 Å². The Morgan fingerprint density at radius 1 is 1.21 bits per heavy atom. The third-order valence-corrected chi connectivity index (χ3v) is 4.21. The number of hydrogen-bond acceptors (Lipinski definition) is 1. The fourth-order valence-electron chi connectivity index (χ4n) is 1.61. The highest BCUT2D eigenvalue weighted by atomic mass is 79.9. The summed E-state index contributed by atoms with van der Waals surface area (Å²) in [7, 11) is 0. The Bertz CT molecular complexity index is 506. The second kappa shape index (κ2) is 3.63. The van der Waals surface area contributed by atoms with Gasteiger partial charge in [-0.2, -0.15) is 0 Å². The molecule has 0 fully saturated rings. The minimum atomic E-state index is 1.04. The Kier molecular flexibility index (Phi) is 2.62. The summed E-state index contributed by atoms with van der Waals surface area (Å²) in [6.07, 6.45) is 1.82. The minimum Gasteiger partial charge on any atom is -0.256 e. The summed E-state index contributed by atoms with van der Waals surface area (Å²) in [4.78, 5) is 4.35. The van der Waals surface area contributed by atoms with Crippen molar-refractivity contribution in [2.24, 2.45) is 0 Å². The number of aromatic nitrogens is 1. The van der Waals surface area contributed by atoms with E-state index in [2.05, 4.69) is 56.8 Å². The SMILES string of the molecule is Cc1cc2nccc(Br)c2c(C)c1Br. The summed E-state index contributed by atoms with van der Waals surface area (Å²) < 4.78 is 2.26. The predicted molar refractivity (Wildman–Crippen MR) is 66.6 cm³/mol. The second-order valence-electron chi connectivity index (χ2n) is 3.32. The third kappa shape index (κ3) is 1.48. The molecule has 0 unspecified atom stereocenters. The van der Waals surface area contributed by atoms with Crippen LogP contribution in [0.4, 0.5) is 0 Å². The van der Waals surface area contributed by atoms with Gasteiger partial charge in [0.2, 0.25) is 0 Å². The molecule has 72 valence electrons. The highest BCUT2D eigenvalue weighted by Crippen LogP contribution is 2.32. The van der Waals surface area contributed by atoms with Crippen LogP contribution in [0, 0.1) is 13.8 Å². The molecule has 0 N–H and O–H groups in total. The number of pyridine rings is 1. The van der Waals surface area contributed by atoms with Crippen molar-refractivity contribution in [3.05, 3.63) is 38.4 Å². The molecule has 0 spiro atoms. The van der Waals surface area contributed by atoms with Gasteiger partial charge in [-0.15, -0.1) is 0 Å². The van der Waals surface area contributed by atoms with Gasteiger partial charge in [0.05, 0.1) is 5.52 Å². The number of fused-ring (bicyclic) bond motifs is 1. The first-order valence-corrected chi connectivity index (χ1v) is 5.90. The van der Waals surface area contributed by atoms with Crippen LogP contribution < -0.4 is 0 Å². The average molecular weight is 315 g/mol. The molecule has 0 radical (unpaired) electrons.